The van der Waals surface area contributed by atoms with E-state index in [1.165, 1.54) is 18.6 Å². The van der Waals surface area contributed by atoms with Crippen LogP contribution in [0.5, 0.6) is 0 Å². The molecule has 1 amide bonds. The number of hydrogen-bond acceptors (Lipinski definition) is 1. The fourth-order valence-corrected chi connectivity index (χ4v) is 6.94. The summed E-state index contributed by atoms with van der Waals surface area (Å²) < 4.78 is 13.2. The molecule has 0 saturated heterocycles. The number of nitrogens with zero attached hydrogens (tertiary/aromatic N) is 1. The van der Waals surface area contributed by atoms with Gasteiger partial charge in [-0.05, 0) is 80.9 Å². The molecule has 6 rings (SSSR count). The molecule has 0 radical (unpaired) electrons. The molecule has 1 aromatic rings. The van der Waals surface area contributed by atoms with Crippen LogP contribution in [0.15, 0.2) is 24.3 Å². The summed E-state index contributed by atoms with van der Waals surface area (Å²) in [5.41, 5.74) is 0.793. The molecule has 2 atom stereocenters. The molecular weight excluding hydrogens is 337 g/mol. The number of alkyl halides is 1. The van der Waals surface area contributed by atoms with E-state index in [0.717, 1.165) is 50.5 Å². The molecule has 134 valence electrons. The van der Waals surface area contributed by atoms with Crippen molar-refractivity contribution in [2.45, 2.75) is 68.8 Å². The molecule has 0 unspecified atom stereocenters. The second kappa shape index (κ2) is 5.45. The van der Waals surface area contributed by atoms with Crippen LogP contribution in [0.1, 0.15) is 56.9 Å². The molecular formula is C21H25ClFNO. The fourth-order valence-electron chi connectivity index (χ4n) is 6.25. The van der Waals surface area contributed by atoms with Crippen molar-refractivity contribution in [3.63, 3.8) is 0 Å². The Balaban J connectivity index is 1.42. The quantitative estimate of drug-likeness (QED) is 0.699. The summed E-state index contributed by atoms with van der Waals surface area (Å²) in [4.78, 5) is 15.6. The highest BCUT2D eigenvalue weighted by Gasteiger charge is 2.61. The Morgan fingerprint density at radius 1 is 1.12 bits per heavy atom. The summed E-state index contributed by atoms with van der Waals surface area (Å²) in [5, 5.41) is 0. The van der Waals surface area contributed by atoms with Gasteiger partial charge in [-0.15, -0.1) is 11.6 Å². The minimum atomic E-state index is -0.228. The predicted octanol–water partition coefficient (Wildman–Crippen LogP) is 4.89. The van der Waals surface area contributed by atoms with Gasteiger partial charge in [-0.2, -0.15) is 0 Å². The Bertz CT molecular complexity index is 684. The first-order valence-electron chi connectivity index (χ1n) is 9.69. The van der Waals surface area contributed by atoms with Gasteiger partial charge >= 0.3 is 0 Å². The highest BCUT2D eigenvalue weighted by atomic mass is 35.5. The minimum Gasteiger partial charge on any atom is -0.335 e. The topological polar surface area (TPSA) is 20.3 Å². The van der Waals surface area contributed by atoms with Gasteiger partial charge < -0.3 is 4.90 Å². The van der Waals surface area contributed by atoms with E-state index >= 15 is 0 Å². The molecule has 4 bridgehead atoms. The van der Waals surface area contributed by atoms with Crippen molar-refractivity contribution in [1.29, 1.82) is 0 Å². The number of hydrogen-bond donors (Lipinski definition) is 0. The lowest BCUT2D eigenvalue weighted by Gasteiger charge is -2.59. The van der Waals surface area contributed by atoms with Crippen LogP contribution in [0.2, 0.25) is 0 Å². The van der Waals surface area contributed by atoms with Gasteiger partial charge in [0.05, 0.1) is 5.41 Å². The van der Waals surface area contributed by atoms with E-state index in [-0.39, 0.29) is 16.1 Å². The van der Waals surface area contributed by atoms with Crippen LogP contribution < -0.4 is 0 Å². The van der Waals surface area contributed by atoms with Crippen molar-refractivity contribution in [2.75, 3.05) is 0 Å². The molecule has 5 aliphatic carbocycles. The van der Waals surface area contributed by atoms with Crippen LogP contribution in [-0.4, -0.2) is 21.7 Å². The SMILES string of the molecule is O=C(N(Cc1ccc(F)cc1)C1CC1)C12C[C@H]3C[C@@H](CC(Cl)(C3)C1)C2. The summed E-state index contributed by atoms with van der Waals surface area (Å²) in [6, 6.07) is 6.96. The predicted molar refractivity (Wildman–Crippen MR) is 95.7 cm³/mol. The van der Waals surface area contributed by atoms with Gasteiger partial charge in [0, 0.05) is 17.5 Å². The van der Waals surface area contributed by atoms with Gasteiger partial charge in [-0.25, -0.2) is 4.39 Å². The van der Waals surface area contributed by atoms with Crippen LogP contribution in [0.4, 0.5) is 4.39 Å². The average Bonchev–Trinajstić information content (AvgIpc) is 3.36. The van der Waals surface area contributed by atoms with Crippen LogP contribution in [0.25, 0.3) is 0 Å². The molecule has 1 aromatic carbocycles. The maximum Gasteiger partial charge on any atom is 0.229 e. The van der Waals surface area contributed by atoms with Crippen molar-refractivity contribution >= 4 is 17.5 Å². The van der Waals surface area contributed by atoms with Gasteiger partial charge in [0.1, 0.15) is 5.82 Å². The Labute approximate surface area is 153 Å². The third-order valence-electron chi connectivity index (χ3n) is 6.96. The Hall–Kier alpha value is -1.09. The minimum absolute atomic E-state index is 0.134. The molecule has 5 fully saturated rings. The summed E-state index contributed by atoms with van der Waals surface area (Å²) >= 11 is 6.93. The van der Waals surface area contributed by atoms with Crippen molar-refractivity contribution in [1.82, 2.24) is 4.90 Å². The average molecular weight is 362 g/mol. The zero-order valence-electron chi connectivity index (χ0n) is 14.5. The third kappa shape index (κ3) is 2.79. The lowest BCUT2D eigenvalue weighted by Crippen LogP contribution is -2.59. The van der Waals surface area contributed by atoms with Crippen molar-refractivity contribution in [3.05, 3.63) is 35.6 Å². The molecule has 0 N–H and O–H groups in total. The number of halogens is 2. The lowest BCUT2D eigenvalue weighted by atomic mass is 9.49. The zero-order chi connectivity index (χ0) is 17.2. The van der Waals surface area contributed by atoms with E-state index in [1.54, 1.807) is 12.1 Å². The van der Waals surface area contributed by atoms with Gasteiger partial charge in [0.15, 0.2) is 0 Å². The Morgan fingerprint density at radius 2 is 1.76 bits per heavy atom. The lowest BCUT2D eigenvalue weighted by molar-refractivity contribution is -0.157. The van der Waals surface area contributed by atoms with E-state index in [0.29, 0.717) is 30.3 Å². The van der Waals surface area contributed by atoms with E-state index in [1.807, 2.05) is 0 Å². The van der Waals surface area contributed by atoms with Gasteiger partial charge in [-0.1, -0.05) is 12.1 Å². The maximum absolute atomic E-state index is 13.7. The maximum atomic E-state index is 13.7. The van der Waals surface area contributed by atoms with Gasteiger partial charge in [0.2, 0.25) is 5.91 Å². The van der Waals surface area contributed by atoms with Crippen molar-refractivity contribution in [2.24, 2.45) is 17.3 Å². The van der Waals surface area contributed by atoms with Crippen LogP contribution in [0.3, 0.4) is 0 Å². The summed E-state index contributed by atoms with van der Waals surface area (Å²) in [6.45, 7) is 0.607. The summed E-state index contributed by atoms with van der Waals surface area (Å²) in [7, 11) is 0. The first-order chi connectivity index (χ1) is 11.9. The summed E-state index contributed by atoms with van der Waals surface area (Å²) in [6.07, 6.45) is 8.59. The molecule has 0 aromatic heterocycles. The van der Waals surface area contributed by atoms with Crippen LogP contribution in [-0.2, 0) is 11.3 Å². The Morgan fingerprint density at radius 3 is 2.32 bits per heavy atom. The monoisotopic (exact) mass is 361 g/mol. The molecule has 0 spiro atoms. The van der Waals surface area contributed by atoms with E-state index < -0.39 is 0 Å². The zero-order valence-corrected chi connectivity index (χ0v) is 15.3. The van der Waals surface area contributed by atoms with Gasteiger partial charge in [-0.3, -0.25) is 4.79 Å². The van der Waals surface area contributed by atoms with Crippen LogP contribution >= 0.6 is 11.6 Å². The van der Waals surface area contributed by atoms with E-state index in [2.05, 4.69) is 4.90 Å². The van der Waals surface area contributed by atoms with Crippen LogP contribution in [0, 0.1) is 23.1 Å². The standard InChI is InChI=1S/C21H25ClFNO/c22-21-10-15-7-16(11-21)9-20(8-15,13-21)19(25)24(18-5-6-18)12-14-1-3-17(23)4-2-14/h1-4,15-16,18H,5-13H2/t15-,16-,20?,21?/m1/s1. The largest absolute Gasteiger partial charge is 0.335 e. The van der Waals surface area contributed by atoms with Gasteiger partial charge in [0.25, 0.3) is 0 Å². The first kappa shape index (κ1) is 16.1. The smallest absolute Gasteiger partial charge is 0.229 e. The molecule has 5 saturated carbocycles. The van der Waals surface area contributed by atoms with Crippen molar-refractivity contribution in [3.8, 4) is 0 Å². The summed E-state index contributed by atoms with van der Waals surface area (Å²) in [5.74, 6) is 1.38. The molecule has 0 heterocycles. The molecule has 25 heavy (non-hydrogen) atoms. The molecule has 2 nitrogen and oxygen atoms in total. The normalized spacial score (nSPS) is 38.8. The number of carbonyl (C=O) groups excluding carboxylic acids is 1. The van der Waals surface area contributed by atoms with Crippen molar-refractivity contribution < 1.29 is 9.18 Å². The van der Waals surface area contributed by atoms with E-state index in [4.69, 9.17) is 11.6 Å². The van der Waals surface area contributed by atoms with E-state index in [9.17, 15) is 9.18 Å². The third-order valence-corrected chi connectivity index (χ3v) is 7.40. The fraction of sp³-hybridized carbons (Fsp3) is 0.667. The highest BCUT2D eigenvalue weighted by molar-refractivity contribution is 6.24. The second-order valence-corrected chi connectivity index (χ2v) is 9.98. The molecule has 5 aliphatic rings. The number of amides is 1. The molecule has 4 heteroatoms. The Kier molecular flexibility index (Phi) is 3.51. The number of rotatable bonds is 4. The second-order valence-electron chi connectivity index (χ2n) is 9.18. The molecule has 0 aliphatic heterocycles. The first-order valence-corrected chi connectivity index (χ1v) is 10.1. The number of benzene rings is 1. The number of carbonyl (C=O) groups is 1. The highest BCUT2D eigenvalue weighted by Crippen LogP contribution is 2.64.